The fourth-order valence-electron chi connectivity index (χ4n) is 4.08. The van der Waals surface area contributed by atoms with E-state index in [0.29, 0.717) is 13.0 Å². The lowest BCUT2D eigenvalue weighted by Gasteiger charge is -2.28. The third-order valence-electron chi connectivity index (χ3n) is 5.42. The smallest absolute Gasteiger partial charge is 0.407 e. The zero-order chi connectivity index (χ0) is 20.5. The third kappa shape index (κ3) is 4.36. The summed E-state index contributed by atoms with van der Waals surface area (Å²) in [6.45, 7) is 4.40. The van der Waals surface area contributed by atoms with E-state index in [1.807, 2.05) is 44.2 Å². The average molecular weight is 407 g/mol. The van der Waals surface area contributed by atoms with Crippen LogP contribution in [0.25, 0.3) is 0 Å². The number of carbonyl (C=O) groups is 1. The maximum Gasteiger partial charge on any atom is 0.407 e. The van der Waals surface area contributed by atoms with Crippen molar-refractivity contribution in [2.24, 2.45) is 11.1 Å². The van der Waals surface area contributed by atoms with E-state index in [1.165, 1.54) is 11.0 Å². The van der Waals surface area contributed by atoms with Crippen molar-refractivity contribution in [3.05, 3.63) is 48.2 Å². The monoisotopic (exact) mass is 406 g/mol. The van der Waals surface area contributed by atoms with Crippen molar-refractivity contribution in [1.82, 2.24) is 14.7 Å². The van der Waals surface area contributed by atoms with Crippen LogP contribution in [0.3, 0.4) is 0 Å². The Balaban J connectivity index is 1.80. The zero-order valence-electron chi connectivity index (χ0n) is 16.0. The predicted octanol–water partition coefficient (Wildman–Crippen LogP) is 2.68. The van der Waals surface area contributed by atoms with E-state index in [2.05, 4.69) is 5.10 Å². The summed E-state index contributed by atoms with van der Waals surface area (Å²) in [6, 6.07) is 11.0. The first-order chi connectivity index (χ1) is 13.1. The molecule has 2 atom stereocenters. The van der Waals surface area contributed by atoms with Gasteiger partial charge in [0.25, 0.3) is 10.0 Å². The molecule has 0 spiro atoms. The highest BCUT2D eigenvalue weighted by atomic mass is 32.2. The molecule has 1 aliphatic heterocycles. The molecule has 0 bridgehead atoms. The van der Waals surface area contributed by atoms with Gasteiger partial charge in [-0.05, 0) is 50.7 Å². The van der Waals surface area contributed by atoms with Crippen molar-refractivity contribution < 1.29 is 18.3 Å². The van der Waals surface area contributed by atoms with E-state index in [4.69, 9.17) is 5.14 Å². The van der Waals surface area contributed by atoms with E-state index in [1.54, 1.807) is 10.9 Å². The molecule has 1 unspecified atom stereocenters. The molecule has 0 saturated carbocycles. The van der Waals surface area contributed by atoms with Crippen molar-refractivity contribution in [1.29, 1.82) is 0 Å². The highest BCUT2D eigenvalue weighted by Crippen LogP contribution is 2.37. The van der Waals surface area contributed by atoms with Crippen LogP contribution in [0.15, 0.2) is 47.6 Å². The molecule has 8 nitrogen and oxygen atoms in total. The van der Waals surface area contributed by atoms with Crippen LogP contribution in [0.1, 0.15) is 44.7 Å². The Hall–Kier alpha value is -2.39. The largest absolute Gasteiger partial charge is 0.465 e. The summed E-state index contributed by atoms with van der Waals surface area (Å²) >= 11 is 0. The summed E-state index contributed by atoms with van der Waals surface area (Å²) in [7, 11) is -3.86. The molecule has 9 heteroatoms. The van der Waals surface area contributed by atoms with Gasteiger partial charge in [-0.25, -0.2) is 18.4 Å². The second-order valence-electron chi connectivity index (χ2n) is 7.96. The minimum atomic E-state index is -3.86. The lowest BCUT2D eigenvalue weighted by Crippen LogP contribution is -2.41. The van der Waals surface area contributed by atoms with E-state index < -0.39 is 16.1 Å². The normalized spacial score (nSPS) is 20.2. The van der Waals surface area contributed by atoms with Crippen LogP contribution in [-0.4, -0.2) is 46.4 Å². The molecule has 1 aliphatic rings. The van der Waals surface area contributed by atoms with Gasteiger partial charge in [-0.1, -0.05) is 30.3 Å². The number of likely N-dealkylation sites (tertiary alicyclic amines) is 1. The standard InChI is InChI=1S/C19H26N4O4S/c1-19(2)12-14(13-22(19)18(24)25)8-9-16(15-6-4-3-5-7-15)23-11-10-17(21-23)28(20,26)27/h3-7,10-11,14,16H,8-9,12-13H2,1-2H3,(H,24,25)(H2,20,26,27)/t14-,16?/m0/s1. The van der Waals surface area contributed by atoms with Crippen LogP contribution in [0.5, 0.6) is 0 Å². The van der Waals surface area contributed by atoms with Gasteiger partial charge in [-0.15, -0.1) is 0 Å². The number of primary sulfonamides is 1. The summed E-state index contributed by atoms with van der Waals surface area (Å²) < 4.78 is 24.8. The molecule has 3 N–H and O–H groups in total. The average Bonchev–Trinajstić information content (AvgIpc) is 3.20. The molecule has 1 amide bonds. The van der Waals surface area contributed by atoms with Crippen molar-refractivity contribution in [2.45, 2.75) is 49.7 Å². The van der Waals surface area contributed by atoms with E-state index in [9.17, 15) is 18.3 Å². The molecule has 1 saturated heterocycles. The van der Waals surface area contributed by atoms with Gasteiger partial charge >= 0.3 is 6.09 Å². The Bertz CT molecular complexity index is 940. The Morgan fingerprint density at radius 3 is 2.54 bits per heavy atom. The summed E-state index contributed by atoms with van der Waals surface area (Å²) in [5.74, 6) is 0.241. The minimum absolute atomic E-state index is 0.154. The summed E-state index contributed by atoms with van der Waals surface area (Å²) in [4.78, 5) is 13.0. The third-order valence-corrected chi connectivity index (χ3v) is 6.22. The number of amides is 1. The lowest BCUT2D eigenvalue weighted by molar-refractivity contribution is 0.117. The number of rotatable bonds is 6. The molecule has 0 aliphatic carbocycles. The van der Waals surface area contributed by atoms with Crippen LogP contribution in [0.2, 0.25) is 0 Å². The van der Waals surface area contributed by atoms with Crippen molar-refractivity contribution >= 4 is 16.1 Å². The van der Waals surface area contributed by atoms with Gasteiger partial charge in [-0.3, -0.25) is 4.68 Å². The number of nitrogens with two attached hydrogens (primary N) is 1. The molecular weight excluding hydrogens is 380 g/mol. The van der Waals surface area contributed by atoms with E-state index >= 15 is 0 Å². The maximum atomic E-state index is 11.6. The van der Waals surface area contributed by atoms with Crippen molar-refractivity contribution in [2.75, 3.05) is 6.54 Å². The van der Waals surface area contributed by atoms with Crippen molar-refractivity contribution in [3.8, 4) is 0 Å². The van der Waals surface area contributed by atoms with Crippen LogP contribution in [-0.2, 0) is 10.0 Å². The van der Waals surface area contributed by atoms with Gasteiger partial charge in [0.15, 0.2) is 5.03 Å². The number of hydrogen-bond donors (Lipinski definition) is 2. The second-order valence-corrected chi connectivity index (χ2v) is 9.47. The topological polar surface area (TPSA) is 119 Å². The highest BCUT2D eigenvalue weighted by Gasteiger charge is 2.41. The fourth-order valence-corrected chi connectivity index (χ4v) is 4.54. The molecule has 28 heavy (non-hydrogen) atoms. The van der Waals surface area contributed by atoms with Crippen LogP contribution >= 0.6 is 0 Å². The van der Waals surface area contributed by atoms with Gasteiger partial charge < -0.3 is 10.0 Å². The number of aromatic nitrogens is 2. The van der Waals surface area contributed by atoms with E-state index in [-0.39, 0.29) is 22.5 Å². The molecule has 152 valence electrons. The predicted molar refractivity (Wildman–Crippen MR) is 104 cm³/mol. The molecule has 2 heterocycles. The number of sulfonamides is 1. The van der Waals surface area contributed by atoms with Gasteiger partial charge in [-0.2, -0.15) is 5.10 Å². The molecule has 2 aromatic rings. The SMILES string of the molecule is CC1(C)C[C@H](CCC(c2ccccc2)n2ccc(S(N)(=O)=O)n2)CN1C(=O)O. The van der Waals surface area contributed by atoms with Crippen LogP contribution in [0.4, 0.5) is 4.79 Å². The lowest BCUT2D eigenvalue weighted by atomic mass is 9.90. The van der Waals surface area contributed by atoms with E-state index in [0.717, 1.165) is 18.4 Å². The van der Waals surface area contributed by atoms with Crippen LogP contribution < -0.4 is 5.14 Å². The van der Waals surface area contributed by atoms with Crippen LogP contribution in [0, 0.1) is 5.92 Å². The zero-order valence-corrected chi connectivity index (χ0v) is 16.8. The molecular formula is C19H26N4O4S. The molecule has 0 radical (unpaired) electrons. The number of hydrogen-bond acceptors (Lipinski definition) is 4. The fraction of sp³-hybridized carbons (Fsp3) is 0.474. The Labute approximate surface area is 165 Å². The highest BCUT2D eigenvalue weighted by molar-refractivity contribution is 7.89. The molecule has 3 rings (SSSR count). The van der Waals surface area contributed by atoms with Crippen molar-refractivity contribution in [3.63, 3.8) is 0 Å². The van der Waals surface area contributed by atoms with Gasteiger partial charge in [0, 0.05) is 18.3 Å². The summed E-state index contributed by atoms with van der Waals surface area (Å²) in [6.07, 6.45) is 3.04. The Morgan fingerprint density at radius 2 is 2.00 bits per heavy atom. The number of nitrogens with zero attached hydrogens (tertiary/aromatic N) is 3. The first-order valence-electron chi connectivity index (χ1n) is 9.21. The summed E-state index contributed by atoms with van der Waals surface area (Å²) in [5, 5.41) is 18.6. The number of benzene rings is 1. The molecule has 1 aromatic carbocycles. The first kappa shape index (κ1) is 20.3. The first-order valence-corrected chi connectivity index (χ1v) is 10.8. The molecule has 1 aromatic heterocycles. The van der Waals surface area contributed by atoms with Gasteiger partial charge in [0.1, 0.15) is 0 Å². The second kappa shape index (κ2) is 7.56. The molecule has 1 fully saturated rings. The maximum absolute atomic E-state index is 11.6. The summed E-state index contributed by atoms with van der Waals surface area (Å²) in [5.41, 5.74) is 0.629. The quantitative estimate of drug-likeness (QED) is 0.764. The van der Waals surface area contributed by atoms with Gasteiger partial charge in [0.05, 0.1) is 6.04 Å². The Kier molecular flexibility index (Phi) is 5.49. The van der Waals surface area contributed by atoms with Gasteiger partial charge in [0.2, 0.25) is 0 Å². The minimum Gasteiger partial charge on any atom is -0.465 e. The number of carboxylic acid groups (broad SMARTS) is 1. The Morgan fingerprint density at radius 1 is 1.32 bits per heavy atom.